The lowest BCUT2D eigenvalue weighted by Gasteiger charge is -2.28. The second-order valence-corrected chi connectivity index (χ2v) is 9.96. The molecule has 3 rings (SSSR count). The fraction of sp³-hybridized carbons (Fsp3) is 0.300. The second kappa shape index (κ2) is 9.30. The SMILES string of the molecule is CC(C)NC(=S)NNC(=O)c1cc(S(=O)(=O)N2CCc3ccccc3C2)ccc1Cl. The number of hydrazine groups is 1. The predicted molar refractivity (Wildman–Crippen MR) is 121 cm³/mol. The van der Waals surface area contributed by atoms with Gasteiger partial charge in [-0.2, -0.15) is 4.31 Å². The van der Waals surface area contributed by atoms with E-state index in [0.717, 1.165) is 11.1 Å². The zero-order valence-electron chi connectivity index (χ0n) is 16.6. The van der Waals surface area contributed by atoms with E-state index >= 15 is 0 Å². The summed E-state index contributed by atoms with van der Waals surface area (Å²) in [5.41, 5.74) is 7.17. The van der Waals surface area contributed by atoms with Crippen molar-refractivity contribution in [3.05, 3.63) is 64.2 Å². The van der Waals surface area contributed by atoms with Gasteiger partial charge in [-0.25, -0.2) is 8.42 Å². The van der Waals surface area contributed by atoms with Gasteiger partial charge in [-0.3, -0.25) is 15.6 Å². The van der Waals surface area contributed by atoms with E-state index in [2.05, 4.69) is 16.2 Å². The molecular weight excluding hydrogens is 444 g/mol. The molecule has 0 unspecified atom stereocenters. The number of nitrogens with one attached hydrogen (secondary N) is 3. The fourth-order valence-electron chi connectivity index (χ4n) is 3.14. The maximum Gasteiger partial charge on any atom is 0.271 e. The first-order valence-corrected chi connectivity index (χ1v) is 11.6. The van der Waals surface area contributed by atoms with Crippen LogP contribution in [-0.2, 0) is 23.0 Å². The largest absolute Gasteiger partial charge is 0.359 e. The molecule has 7 nitrogen and oxygen atoms in total. The molecule has 0 saturated heterocycles. The molecule has 2 aromatic rings. The average molecular weight is 467 g/mol. The lowest BCUT2D eigenvalue weighted by atomic mass is 10.0. The zero-order valence-corrected chi connectivity index (χ0v) is 19.0. The third-order valence-electron chi connectivity index (χ3n) is 4.63. The Morgan fingerprint density at radius 1 is 1.13 bits per heavy atom. The summed E-state index contributed by atoms with van der Waals surface area (Å²) < 4.78 is 27.8. The third kappa shape index (κ3) is 5.10. The van der Waals surface area contributed by atoms with Gasteiger partial charge in [-0.1, -0.05) is 35.9 Å². The number of thiocarbonyl (C=S) groups is 1. The van der Waals surface area contributed by atoms with Crippen LogP contribution in [0.25, 0.3) is 0 Å². The van der Waals surface area contributed by atoms with Gasteiger partial charge in [0, 0.05) is 19.1 Å². The number of halogens is 1. The average Bonchev–Trinajstić information content (AvgIpc) is 2.71. The third-order valence-corrected chi connectivity index (χ3v) is 7.02. The second-order valence-electron chi connectivity index (χ2n) is 7.21. The summed E-state index contributed by atoms with van der Waals surface area (Å²) in [4.78, 5) is 12.5. The number of benzene rings is 2. The number of carbonyl (C=O) groups is 1. The van der Waals surface area contributed by atoms with E-state index in [0.29, 0.717) is 19.5 Å². The first kappa shape index (κ1) is 22.5. The van der Waals surface area contributed by atoms with Crippen LogP contribution >= 0.6 is 23.8 Å². The molecule has 1 aliphatic rings. The molecule has 0 saturated carbocycles. The van der Waals surface area contributed by atoms with Crippen molar-refractivity contribution < 1.29 is 13.2 Å². The number of carbonyl (C=O) groups excluding carboxylic acids is 1. The summed E-state index contributed by atoms with van der Waals surface area (Å²) in [6, 6.07) is 12.0. The molecule has 0 bridgehead atoms. The standard InChI is InChI=1S/C20H23ClN4O3S2/c1-13(2)22-20(29)24-23-19(26)17-11-16(7-8-18(17)21)30(27,28)25-10-9-14-5-3-4-6-15(14)12-25/h3-8,11,13H,9-10,12H2,1-2H3,(H,23,26)(H2,22,24,29). The van der Waals surface area contributed by atoms with E-state index in [-0.39, 0.29) is 26.6 Å². The van der Waals surface area contributed by atoms with Crippen LogP contribution in [-0.4, -0.2) is 36.3 Å². The molecule has 10 heteroatoms. The zero-order chi connectivity index (χ0) is 21.9. The Morgan fingerprint density at radius 3 is 2.53 bits per heavy atom. The highest BCUT2D eigenvalue weighted by Crippen LogP contribution is 2.27. The summed E-state index contributed by atoms with van der Waals surface area (Å²) >= 11 is 11.2. The smallest absolute Gasteiger partial charge is 0.271 e. The minimum Gasteiger partial charge on any atom is -0.359 e. The van der Waals surface area contributed by atoms with Crippen LogP contribution < -0.4 is 16.2 Å². The Balaban J connectivity index is 1.78. The number of nitrogens with zero attached hydrogens (tertiary/aromatic N) is 1. The maximum atomic E-state index is 13.2. The highest BCUT2D eigenvalue weighted by atomic mass is 35.5. The summed E-state index contributed by atoms with van der Waals surface area (Å²) in [6.45, 7) is 4.47. The highest BCUT2D eigenvalue weighted by molar-refractivity contribution is 7.89. The van der Waals surface area contributed by atoms with E-state index in [1.165, 1.54) is 22.5 Å². The quantitative estimate of drug-likeness (QED) is 0.474. The van der Waals surface area contributed by atoms with Crippen molar-refractivity contribution in [3.8, 4) is 0 Å². The van der Waals surface area contributed by atoms with Crippen LogP contribution in [0, 0.1) is 0 Å². The number of fused-ring (bicyclic) bond motifs is 1. The van der Waals surface area contributed by atoms with Crippen molar-refractivity contribution in [1.82, 2.24) is 20.5 Å². The lowest BCUT2D eigenvalue weighted by molar-refractivity contribution is 0.0943. The Labute approximate surface area is 186 Å². The molecule has 0 aromatic heterocycles. The van der Waals surface area contributed by atoms with Crippen molar-refractivity contribution in [1.29, 1.82) is 0 Å². The van der Waals surface area contributed by atoms with Crippen LogP contribution in [0.15, 0.2) is 47.4 Å². The van der Waals surface area contributed by atoms with Gasteiger partial charge in [0.05, 0.1) is 15.5 Å². The van der Waals surface area contributed by atoms with Gasteiger partial charge < -0.3 is 5.32 Å². The molecule has 160 valence electrons. The first-order valence-electron chi connectivity index (χ1n) is 9.42. The van der Waals surface area contributed by atoms with Gasteiger partial charge in [0.2, 0.25) is 10.0 Å². The van der Waals surface area contributed by atoms with Gasteiger partial charge in [0.15, 0.2) is 5.11 Å². The molecule has 0 radical (unpaired) electrons. The molecule has 0 aliphatic carbocycles. The summed E-state index contributed by atoms with van der Waals surface area (Å²) in [7, 11) is -3.79. The summed E-state index contributed by atoms with van der Waals surface area (Å²) in [6.07, 6.45) is 0.639. The Kier molecular flexibility index (Phi) is 6.97. The number of hydrogen-bond acceptors (Lipinski definition) is 4. The van der Waals surface area contributed by atoms with Crippen molar-refractivity contribution in [2.45, 2.75) is 37.8 Å². The molecular formula is C20H23ClN4O3S2. The molecule has 1 heterocycles. The van der Waals surface area contributed by atoms with E-state index < -0.39 is 15.9 Å². The van der Waals surface area contributed by atoms with Crippen LogP contribution in [0.3, 0.4) is 0 Å². The number of hydrogen-bond donors (Lipinski definition) is 3. The van der Waals surface area contributed by atoms with Crippen LogP contribution in [0.1, 0.15) is 35.3 Å². The molecule has 1 amide bonds. The Bertz CT molecular complexity index is 1070. The Morgan fingerprint density at radius 2 is 1.83 bits per heavy atom. The minimum absolute atomic E-state index is 0.0133. The molecule has 0 atom stereocenters. The van der Waals surface area contributed by atoms with Gasteiger partial charge in [0.25, 0.3) is 5.91 Å². The lowest BCUT2D eigenvalue weighted by Crippen LogP contribution is -2.48. The van der Waals surface area contributed by atoms with Gasteiger partial charge in [0.1, 0.15) is 0 Å². The van der Waals surface area contributed by atoms with E-state index in [1.807, 2.05) is 38.1 Å². The summed E-state index contributed by atoms with van der Waals surface area (Å²) in [5, 5.41) is 3.30. The molecule has 2 aromatic carbocycles. The first-order chi connectivity index (χ1) is 14.2. The monoisotopic (exact) mass is 466 g/mol. The van der Waals surface area contributed by atoms with E-state index in [4.69, 9.17) is 23.8 Å². The summed E-state index contributed by atoms with van der Waals surface area (Å²) in [5.74, 6) is -0.589. The highest BCUT2D eigenvalue weighted by Gasteiger charge is 2.29. The number of rotatable bonds is 4. The van der Waals surface area contributed by atoms with Crippen molar-refractivity contribution in [3.63, 3.8) is 0 Å². The van der Waals surface area contributed by atoms with Gasteiger partial charge in [-0.15, -0.1) is 0 Å². The molecule has 0 spiro atoms. The molecule has 30 heavy (non-hydrogen) atoms. The van der Waals surface area contributed by atoms with Crippen LogP contribution in [0.5, 0.6) is 0 Å². The van der Waals surface area contributed by atoms with E-state index in [1.54, 1.807) is 0 Å². The molecule has 1 aliphatic heterocycles. The van der Waals surface area contributed by atoms with Crippen molar-refractivity contribution in [2.24, 2.45) is 0 Å². The van der Waals surface area contributed by atoms with Crippen LogP contribution in [0.4, 0.5) is 0 Å². The minimum atomic E-state index is -3.79. The predicted octanol–water partition coefficient (Wildman–Crippen LogP) is 2.60. The fourth-order valence-corrected chi connectivity index (χ4v) is 5.08. The number of amides is 1. The van der Waals surface area contributed by atoms with Gasteiger partial charge >= 0.3 is 0 Å². The van der Waals surface area contributed by atoms with E-state index in [9.17, 15) is 13.2 Å². The van der Waals surface area contributed by atoms with Crippen molar-refractivity contribution in [2.75, 3.05) is 6.54 Å². The maximum absolute atomic E-state index is 13.2. The molecule has 3 N–H and O–H groups in total. The van der Waals surface area contributed by atoms with Gasteiger partial charge in [-0.05, 0) is 61.8 Å². The Hall–Kier alpha value is -2.20. The molecule has 0 fully saturated rings. The number of sulfonamides is 1. The van der Waals surface area contributed by atoms with Crippen molar-refractivity contribution >= 4 is 44.9 Å². The topological polar surface area (TPSA) is 90.5 Å². The van der Waals surface area contributed by atoms with Crippen LogP contribution in [0.2, 0.25) is 5.02 Å². The normalized spacial score (nSPS) is 14.1.